The predicted molar refractivity (Wildman–Crippen MR) is 98.3 cm³/mol. The van der Waals surface area contributed by atoms with E-state index in [9.17, 15) is 23.6 Å². The zero-order valence-electron chi connectivity index (χ0n) is 15.1. The maximum atomic E-state index is 12.6. The maximum absolute atomic E-state index is 12.6. The normalized spacial score (nSPS) is 20.0. The van der Waals surface area contributed by atoms with Crippen molar-refractivity contribution in [2.24, 2.45) is 0 Å². The summed E-state index contributed by atoms with van der Waals surface area (Å²) in [6, 6.07) is 3.66. The number of nitrogens with zero attached hydrogens (tertiary/aromatic N) is 3. The highest BCUT2D eigenvalue weighted by Gasteiger charge is 2.30. The van der Waals surface area contributed by atoms with Gasteiger partial charge in [-0.25, -0.2) is 8.42 Å². The number of nitro groups is 1. The minimum absolute atomic E-state index is 0.0409. The lowest BCUT2D eigenvalue weighted by atomic mass is 10.3. The lowest BCUT2D eigenvalue weighted by Gasteiger charge is -2.19. The summed E-state index contributed by atoms with van der Waals surface area (Å²) in [5, 5.41) is 21.5. The van der Waals surface area contributed by atoms with E-state index < -0.39 is 26.7 Å². The largest absolute Gasteiger partial charge is 0.484 e. The molecule has 1 N–H and O–H groups in total. The summed E-state index contributed by atoms with van der Waals surface area (Å²) in [4.78, 5) is 12.7. The van der Waals surface area contributed by atoms with Crippen LogP contribution in [0, 0.1) is 10.1 Å². The average molecular weight is 399 g/mol. The van der Waals surface area contributed by atoms with Crippen molar-refractivity contribution in [2.45, 2.75) is 36.7 Å². The molecule has 2 heterocycles. The monoisotopic (exact) mass is 399 g/mol. The van der Waals surface area contributed by atoms with Crippen LogP contribution in [0.1, 0.15) is 25.7 Å². The summed E-state index contributed by atoms with van der Waals surface area (Å²) >= 11 is 0. The molecule has 0 bridgehead atoms. The Hall–Kier alpha value is -1.75. The Balaban J connectivity index is 1.71. The fourth-order valence-corrected chi connectivity index (χ4v) is 5.04. The van der Waals surface area contributed by atoms with Crippen LogP contribution in [-0.4, -0.2) is 73.1 Å². The summed E-state index contributed by atoms with van der Waals surface area (Å²) in [5.41, 5.74) is -0.413. The Kier molecular flexibility index (Phi) is 6.30. The molecule has 0 unspecified atom stereocenters. The molecule has 0 amide bonds. The molecule has 0 radical (unpaired) electrons. The van der Waals surface area contributed by atoms with Crippen LogP contribution in [0.5, 0.6) is 5.75 Å². The molecule has 27 heavy (non-hydrogen) atoms. The SMILES string of the molecule is O=[N+]([O-])c1cc(S(=O)(=O)N2CCCC2)ccc1OC[C@H](O)CN1CCCC1. The Morgan fingerprint density at radius 3 is 2.41 bits per heavy atom. The first kappa shape index (κ1) is 20.0. The van der Waals surface area contributed by atoms with E-state index in [0.717, 1.165) is 44.8 Å². The van der Waals surface area contributed by atoms with Gasteiger partial charge in [-0.15, -0.1) is 0 Å². The van der Waals surface area contributed by atoms with E-state index >= 15 is 0 Å². The predicted octanol–water partition coefficient (Wildman–Crippen LogP) is 1.21. The Morgan fingerprint density at radius 2 is 1.78 bits per heavy atom. The number of β-amino-alcohol motifs (C(OH)–C–C–N with tert-alkyl or cyclic N) is 1. The standard InChI is InChI=1S/C17H25N3O6S/c21-14(12-18-7-1-2-8-18)13-26-17-6-5-15(11-16(17)20(22)23)27(24,25)19-9-3-4-10-19/h5-6,11,14,21H,1-4,7-10,12-13H2/t14-/m1/s1. The number of benzene rings is 1. The molecule has 1 aromatic carbocycles. The first-order valence-electron chi connectivity index (χ1n) is 9.20. The van der Waals surface area contributed by atoms with Gasteiger partial charge in [0.1, 0.15) is 12.7 Å². The van der Waals surface area contributed by atoms with Crippen molar-refractivity contribution < 1.29 is 23.2 Å². The molecule has 2 aliphatic heterocycles. The van der Waals surface area contributed by atoms with Crippen LogP contribution in [-0.2, 0) is 10.0 Å². The number of ether oxygens (including phenoxy) is 1. The van der Waals surface area contributed by atoms with Crippen LogP contribution >= 0.6 is 0 Å². The molecule has 2 saturated heterocycles. The molecule has 9 nitrogen and oxygen atoms in total. The second kappa shape index (κ2) is 8.51. The summed E-state index contributed by atoms with van der Waals surface area (Å²) in [5.74, 6) is -0.0409. The van der Waals surface area contributed by atoms with E-state index in [2.05, 4.69) is 4.90 Å². The molecule has 0 aromatic heterocycles. The van der Waals surface area contributed by atoms with E-state index in [1.54, 1.807) is 0 Å². The number of hydrogen-bond acceptors (Lipinski definition) is 7. The van der Waals surface area contributed by atoms with Crippen LogP contribution < -0.4 is 4.74 Å². The van der Waals surface area contributed by atoms with E-state index in [4.69, 9.17) is 4.74 Å². The second-order valence-electron chi connectivity index (χ2n) is 6.97. The summed E-state index contributed by atoms with van der Waals surface area (Å²) < 4.78 is 32.0. The first-order chi connectivity index (χ1) is 12.9. The van der Waals surface area contributed by atoms with E-state index in [-0.39, 0.29) is 17.3 Å². The fourth-order valence-electron chi connectivity index (χ4n) is 3.50. The lowest BCUT2D eigenvalue weighted by molar-refractivity contribution is -0.386. The summed E-state index contributed by atoms with van der Waals surface area (Å²) in [7, 11) is -3.74. The fraction of sp³-hybridized carbons (Fsp3) is 0.647. The van der Waals surface area contributed by atoms with Crippen molar-refractivity contribution in [2.75, 3.05) is 39.3 Å². The molecular weight excluding hydrogens is 374 g/mol. The highest BCUT2D eigenvalue weighted by molar-refractivity contribution is 7.89. The van der Waals surface area contributed by atoms with Crippen LogP contribution in [0.25, 0.3) is 0 Å². The van der Waals surface area contributed by atoms with E-state index in [1.807, 2.05) is 0 Å². The van der Waals surface area contributed by atoms with Crippen LogP contribution in [0.15, 0.2) is 23.1 Å². The zero-order valence-corrected chi connectivity index (χ0v) is 15.9. The van der Waals surface area contributed by atoms with Crippen molar-refractivity contribution in [3.8, 4) is 5.75 Å². The van der Waals surface area contributed by atoms with Gasteiger partial charge in [-0.05, 0) is 50.9 Å². The molecule has 0 aliphatic carbocycles. The number of likely N-dealkylation sites (tertiary alicyclic amines) is 1. The average Bonchev–Trinajstić information content (AvgIpc) is 3.33. The highest BCUT2D eigenvalue weighted by Crippen LogP contribution is 2.32. The van der Waals surface area contributed by atoms with Crippen molar-refractivity contribution >= 4 is 15.7 Å². The number of sulfonamides is 1. The van der Waals surface area contributed by atoms with Gasteiger partial charge >= 0.3 is 5.69 Å². The first-order valence-corrected chi connectivity index (χ1v) is 10.6. The van der Waals surface area contributed by atoms with Gasteiger partial charge in [-0.3, -0.25) is 10.1 Å². The number of rotatable bonds is 8. The van der Waals surface area contributed by atoms with Gasteiger partial charge < -0.3 is 14.7 Å². The third-order valence-corrected chi connectivity index (χ3v) is 6.82. The quantitative estimate of drug-likeness (QED) is 0.516. The number of nitro benzene ring substituents is 1. The van der Waals surface area contributed by atoms with Crippen molar-refractivity contribution in [1.82, 2.24) is 9.21 Å². The highest BCUT2D eigenvalue weighted by atomic mass is 32.2. The Labute approximate surface area is 158 Å². The topological polar surface area (TPSA) is 113 Å². The van der Waals surface area contributed by atoms with Crippen LogP contribution in [0.3, 0.4) is 0 Å². The van der Waals surface area contributed by atoms with Gasteiger partial charge in [-0.2, -0.15) is 4.31 Å². The molecule has 0 spiro atoms. The summed E-state index contributed by atoms with van der Waals surface area (Å²) in [6.07, 6.45) is 3.02. The molecular formula is C17H25N3O6S. The molecule has 0 saturated carbocycles. The third kappa shape index (κ3) is 4.75. The number of aliphatic hydroxyl groups excluding tert-OH is 1. The lowest BCUT2D eigenvalue weighted by Crippen LogP contribution is -2.33. The van der Waals surface area contributed by atoms with Crippen LogP contribution in [0.2, 0.25) is 0 Å². The van der Waals surface area contributed by atoms with Gasteiger partial charge in [0.25, 0.3) is 0 Å². The second-order valence-corrected chi connectivity index (χ2v) is 8.91. The molecule has 10 heteroatoms. The molecule has 150 valence electrons. The van der Waals surface area contributed by atoms with Gasteiger partial charge in [0.05, 0.1) is 9.82 Å². The number of aliphatic hydroxyl groups is 1. The summed E-state index contributed by atoms with van der Waals surface area (Å²) in [6.45, 7) is 3.08. The van der Waals surface area contributed by atoms with Crippen LogP contribution in [0.4, 0.5) is 5.69 Å². The molecule has 2 aliphatic rings. The van der Waals surface area contributed by atoms with E-state index in [0.29, 0.717) is 19.6 Å². The van der Waals surface area contributed by atoms with Gasteiger partial charge in [0, 0.05) is 25.7 Å². The molecule has 2 fully saturated rings. The Morgan fingerprint density at radius 1 is 1.15 bits per heavy atom. The smallest absolute Gasteiger partial charge is 0.312 e. The molecule has 1 aromatic rings. The van der Waals surface area contributed by atoms with Gasteiger partial charge in [0.2, 0.25) is 10.0 Å². The molecule has 3 rings (SSSR count). The van der Waals surface area contributed by atoms with Crippen molar-refractivity contribution in [1.29, 1.82) is 0 Å². The minimum Gasteiger partial charge on any atom is -0.484 e. The Bertz CT molecular complexity index is 773. The van der Waals surface area contributed by atoms with Gasteiger partial charge in [0.15, 0.2) is 5.75 Å². The number of hydrogen-bond donors (Lipinski definition) is 1. The minimum atomic E-state index is -3.74. The van der Waals surface area contributed by atoms with Crippen molar-refractivity contribution in [3.05, 3.63) is 28.3 Å². The molecule has 1 atom stereocenters. The van der Waals surface area contributed by atoms with E-state index in [1.165, 1.54) is 16.4 Å². The van der Waals surface area contributed by atoms with Crippen molar-refractivity contribution in [3.63, 3.8) is 0 Å². The maximum Gasteiger partial charge on any atom is 0.312 e. The van der Waals surface area contributed by atoms with Gasteiger partial charge in [-0.1, -0.05) is 0 Å². The zero-order chi connectivity index (χ0) is 19.4. The third-order valence-electron chi connectivity index (χ3n) is 4.93.